The quantitative estimate of drug-likeness (QED) is 0.418. The van der Waals surface area contributed by atoms with Gasteiger partial charge in [0.15, 0.2) is 0 Å². The fourth-order valence-corrected chi connectivity index (χ4v) is 4.10. The molecule has 0 saturated carbocycles. The number of imide groups is 1. The molecule has 0 bridgehead atoms. The van der Waals surface area contributed by atoms with Crippen LogP contribution in [0.2, 0.25) is 0 Å². The monoisotopic (exact) mass is 434 g/mol. The minimum atomic E-state index is -0.394. The standard InChI is InChI=1S/C28H22N2O3/c1-18-13-15-20(16-14-18)25-26(29-21-9-6-10-22(17-21)33-2)28(32)30(27(25)31)24-12-5-8-19-7-3-4-11-23(19)24/h3-17,29H,1-2H3. The van der Waals surface area contributed by atoms with E-state index in [-0.39, 0.29) is 11.6 Å². The Morgan fingerprint density at radius 1 is 0.788 bits per heavy atom. The number of carbonyl (C=O) groups is 2. The number of carbonyl (C=O) groups excluding carboxylic acids is 2. The molecule has 1 heterocycles. The second-order valence-electron chi connectivity index (χ2n) is 7.92. The normalized spacial score (nSPS) is 13.7. The zero-order chi connectivity index (χ0) is 22.9. The molecule has 0 aromatic heterocycles. The van der Waals surface area contributed by atoms with Crippen molar-refractivity contribution in [2.45, 2.75) is 6.92 Å². The predicted octanol–water partition coefficient (Wildman–Crippen LogP) is 5.55. The summed E-state index contributed by atoms with van der Waals surface area (Å²) in [4.78, 5) is 28.7. The van der Waals surface area contributed by atoms with Gasteiger partial charge < -0.3 is 10.1 Å². The Kier molecular flexibility index (Phi) is 5.15. The molecular formula is C28H22N2O3. The lowest BCUT2D eigenvalue weighted by molar-refractivity contribution is -0.120. The van der Waals surface area contributed by atoms with Gasteiger partial charge in [-0.15, -0.1) is 0 Å². The number of methoxy groups -OCH3 is 1. The highest BCUT2D eigenvalue weighted by Crippen LogP contribution is 2.37. The van der Waals surface area contributed by atoms with Gasteiger partial charge in [-0.2, -0.15) is 0 Å². The van der Waals surface area contributed by atoms with Gasteiger partial charge in [0.2, 0.25) is 0 Å². The number of hydrogen-bond acceptors (Lipinski definition) is 4. The first-order valence-electron chi connectivity index (χ1n) is 10.7. The molecule has 4 aromatic carbocycles. The number of fused-ring (bicyclic) bond motifs is 1. The predicted molar refractivity (Wildman–Crippen MR) is 131 cm³/mol. The third-order valence-electron chi connectivity index (χ3n) is 5.77. The SMILES string of the molecule is COc1cccc(NC2=C(c3ccc(C)cc3)C(=O)N(c3cccc4ccccc34)C2=O)c1. The molecular weight excluding hydrogens is 412 g/mol. The van der Waals surface area contributed by atoms with Crippen LogP contribution in [-0.4, -0.2) is 18.9 Å². The minimum absolute atomic E-state index is 0.241. The van der Waals surface area contributed by atoms with Crippen LogP contribution in [0.15, 0.2) is 96.7 Å². The first kappa shape index (κ1) is 20.5. The molecule has 5 heteroatoms. The number of nitrogens with one attached hydrogen (secondary N) is 1. The fourth-order valence-electron chi connectivity index (χ4n) is 4.10. The molecule has 33 heavy (non-hydrogen) atoms. The average Bonchev–Trinajstić information content (AvgIpc) is 3.08. The highest BCUT2D eigenvalue weighted by molar-refractivity contribution is 6.47. The smallest absolute Gasteiger partial charge is 0.282 e. The zero-order valence-electron chi connectivity index (χ0n) is 18.3. The lowest BCUT2D eigenvalue weighted by Crippen LogP contribution is -2.32. The number of anilines is 2. The molecule has 1 aliphatic rings. The van der Waals surface area contributed by atoms with E-state index in [0.717, 1.165) is 16.3 Å². The minimum Gasteiger partial charge on any atom is -0.497 e. The maximum Gasteiger partial charge on any atom is 0.282 e. The first-order valence-corrected chi connectivity index (χ1v) is 10.7. The summed E-state index contributed by atoms with van der Waals surface area (Å²) >= 11 is 0. The van der Waals surface area contributed by atoms with Gasteiger partial charge in [0.25, 0.3) is 11.8 Å². The van der Waals surface area contributed by atoms with Crippen molar-refractivity contribution in [1.82, 2.24) is 0 Å². The zero-order valence-corrected chi connectivity index (χ0v) is 18.3. The third kappa shape index (κ3) is 3.64. The molecule has 0 spiro atoms. The summed E-state index contributed by atoms with van der Waals surface area (Å²) < 4.78 is 5.31. The van der Waals surface area contributed by atoms with Crippen LogP contribution in [-0.2, 0) is 9.59 Å². The van der Waals surface area contributed by atoms with Crippen LogP contribution in [0.3, 0.4) is 0 Å². The molecule has 0 unspecified atom stereocenters. The highest BCUT2D eigenvalue weighted by atomic mass is 16.5. The second kappa shape index (κ2) is 8.28. The molecule has 1 N–H and O–H groups in total. The number of ether oxygens (including phenoxy) is 1. The van der Waals surface area contributed by atoms with Gasteiger partial charge in [0, 0.05) is 17.1 Å². The molecule has 0 radical (unpaired) electrons. The summed E-state index contributed by atoms with van der Waals surface area (Å²) in [6.07, 6.45) is 0. The fraction of sp³-hybridized carbons (Fsp3) is 0.0714. The second-order valence-corrected chi connectivity index (χ2v) is 7.92. The lowest BCUT2D eigenvalue weighted by Gasteiger charge is -2.18. The molecule has 0 atom stereocenters. The highest BCUT2D eigenvalue weighted by Gasteiger charge is 2.40. The molecule has 0 saturated heterocycles. The average molecular weight is 434 g/mol. The van der Waals surface area contributed by atoms with Gasteiger partial charge in [0.1, 0.15) is 11.4 Å². The Hall–Kier alpha value is -4.38. The number of rotatable bonds is 5. The van der Waals surface area contributed by atoms with E-state index < -0.39 is 5.91 Å². The van der Waals surface area contributed by atoms with Gasteiger partial charge in [0.05, 0.1) is 18.4 Å². The molecule has 1 aliphatic heterocycles. The maximum absolute atomic E-state index is 13.8. The van der Waals surface area contributed by atoms with Crippen molar-refractivity contribution < 1.29 is 14.3 Å². The summed E-state index contributed by atoms with van der Waals surface area (Å²) in [6.45, 7) is 1.98. The van der Waals surface area contributed by atoms with Crippen molar-refractivity contribution in [2.75, 3.05) is 17.3 Å². The Balaban J connectivity index is 1.65. The van der Waals surface area contributed by atoms with Crippen molar-refractivity contribution in [3.8, 4) is 5.75 Å². The van der Waals surface area contributed by atoms with E-state index in [1.165, 1.54) is 4.90 Å². The number of nitrogens with zero attached hydrogens (tertiary/aromatic N) is 1. The van der Waals surface area contributed by atoms with Crippen molar-refractivity contribution in [3.05, 3.63) is 108 Å². The Morgan fingerprint density at radius 2 is 1.52 bits per heavy atom. The van der Waals surface area contributed by atoms with E-state index in [1.807, 2.05) is 85.8 Å². The van der Waals surface area contributed by atoms with Crippen molar-refractivity contribution in [2.24, 2.45) is 0 Å². The van der Waals surface area contributed by atoms with Gasteiger partial charge in [-0.25, -0.2) is 4.90 Å². The van der Waals surface area contributed by atoms with Crippen LogP contribution in [0.25, 0.3) is 16.3 Å². The molecule has 2 amide bonds. The van der Waals surface area contributed by atoms with E-state index in [9.17, 15) is 9.59 Å². The van der Waals surface area contributed by atoms with Crippen LogP contribution in [0.1, 0.15) is 11.1 Å². The molecule has 5 nitrogen and oxygen atoms in total. The molecule has 0 aliphatic carbocycles. The van der Waals surface area contributed by atoms with Crippen LogP contribution in [0.5, 0.6) is 5.75 Å². The third-order valence-corrected chi connectivity index (χ3v) is 5.77. The van der Waals surface area contributed by atoms with Crippen LogP contribution >= 0.6 is 0 Å². The lowest BCUT2D eigenvalue weighted by atomic mass is 10.0. The van der Waals surface area contributed by atoms with Crippen molar-refractivity contribution in [1.29, 1.82) is 0 Å². The Bertz CT molecular complexity index is 1420. The number of amides is 2. The molecule has 4 aromatic rings. The van der Waals surface area contributed by atoms with E-state index >= 15 is 0 Å². The van der Waals surface area contributed by atoms with E-state index in [2.05, 4.69) is 5.32 Å². The summed E-state index contributed by atoms with van der Waals surface area (Å²) in [7, 11) is 1.59. The summed E-state index contributed by atoms with van der Waals surface area (Å²) in [6, 6.07) is 28.2. The number of benzene rings is 4. The Morgan fingerprint density at radius 3 is 2.30 bits per heavy atom. The summed E-state index contributed by atoms with van der Waals surface area (Å²) in [5.74, 6) is -0.0967. The van der Waals surface area contributed by atoms with E-state index in [0.29, 0.717) is 28.3 Å². The van der Waals surface area contributed by atoms with Gasteiger partial charge in [-0.3, -0.25) is 9.59 Å². The number of aryl methyl sites for hydroxylation is 1. The van der Waals surface area contributed by atoms with Crippen LogP contribution in [0.4, 0.5) is 11.4 Å². The van der Waals surface area contributed by atoms with Crippen molar-refractivity contribution in [3.63, 3.8) is 0 Å². The first-order chi connectivity index (χ1) is 16.1. The van der Waals surface area contributed by atoms with Crippen LogP contribution in [0, 0.1) is 6.92 Å². The van der Waals surface area contributed by atoms with Gasteiger partial charge >= 0.3 is 0 Å². The van der Waals surface area contributed by atoms with Crippen molar-refractivity contribution >= 4 is 39.5 Å². The van der Waals surface area contributed by atoms with Gasteiger partial charge in [-0.05, 0) is 36.1 Å². The van der Waals surface area contributed by atoms with E-state index in [4.69, 9.17) is 4.74 Å². The topological polar surface area (TPSA) is 58.6 Å². The molecule has 0 fully saturated rings. The molecule has 162 valence electrons. The molecule has 5 rings (SSSR count). The van der Waals surface area contributed by atoms with Gasteiger partial charge in [-0.1, -0.05) is 72.3 Å². The number of hydrogen-bond donors (Lipinski definition) is 1. The summed E-state index contributed by atoms with van der Waals surface area (Å²) in [5.41, 5.74) is 3.57. The maximum atomic E-state index is 13.8. The summed E-state index contributed by atoms with van der Waals surface area (Å²) in [5, 5.41) is 4.99. The largest absolute Gasteiger partial charge is 0.497 e. The van der Waals surface area contributed by atoms with E-state index in [1.54, 1.807) is 19.2 Å². The van der Waals surface area contributed by atoms with Crippen LogP contribution < -0.4 is 15.0 Å². The Labute approximate surface area is 191 Å².